The zero-order valence-electron chi connectivity index (χ0n) is 13.6. The summed E-state index contributed by atoms with van der Waals surface area (Å²) in [4.78, 5) is 12.0. The predicted octanol–water partition coefficient (Wildman–Crippen LogP) is 2.04. The Kier molecular flexibility index (Phi) is 6.22. The maximum absolute atomic E-state index is 12.9. The van der Waals surface area contributed by atoms with Crippen molar-refractivity contribution in [2.75, 3.05) is 12.8 Å². The fourth-order valence-corrected chi connectivity index (χ4v) is 2.84. The Labute approximate surface area is 145 Å². The topological polar surface area (TPSA) is 66.5 Å². The lowest BCUT2D eigenvalue weighted by molar-refractivity contribution is -0.121. The van der Waals surface area contributed by atoms with E-state index in [-0.39, 0.29) is 25.5 Å². The summed E-state index contributed by atoms with van der Waals surface area (Å²) >= 11 is 0. The molecule has 5 nitrogen and oxygen atoms in total. The van der Waals surface area contributed by atoms with E-state index in [1.165, 1.54) is 48.5 Å². The third-order valence-electron chi connectivity index (χ3n) is 3.46. The molecule has 0 unspecified atom stereocenters. The molecule has 0 saturated carbocycles. The second-order valence-electron chi connectivity index (χ2n) is 5.56. The Bertz CT molecular complexity index is 822. The van der Waals surface area contributed by atoms with Gasteiger partial charge in [-0.25, -0.2) is 17.2 Å². The van der Waals surface area contributed by atoms with Crippen LogP contribution in [0.1, 0.15) is 11.1 Å². The molecule has 2 rings (SSSR count). The highest BCUT2D eigenvalue weighted by Crippen LogP contribution is 2.10. The van der Waals surface area contributed by atoms with Gasteiger partial charge in [0.2, 0.25) is 15.9 Å². The van der Waals surface area contributed by atoms with Gasteiger partial charge in [-0.2, -0.15) is 4.31 Å². The largest absolute Gasteiger partial charge is 0.351 e. The van der Waals surface area contributed by atoms with Crippen LogP contribution < -0.4 is 5.32 Å². The molecule has 2 aromatic rings. The van der Waals surface area contributed by atoms with E-state index < -0.39 is 21.7 Å². The average Bonchev–Trinajstić information content (AvgIpc) is 2.55. The van der Waals surface area contributed by atoms with Crippen molar-refractivity contribution < 1.29 is 22.0 Å². The summed E-state index contributed by atoms with van der Waals surface area (Å²) < 4.78 is 50.5. The predicted molar refractivity (Wildman–Crippen MR) is 89.9 cm³/mol. The standard InChI is InChI=1S/C17H18F2N2O3S/c1-25(23,24)21(11-14-4-8-16(19)9-5-14)12-17(22)20-10-13-2-6-15(18)7-3-13/h2-9H,10-12H2,1H3,(H,20,22). The number of amides is 1. The van der Waals surface area contributed by atoms with Crippen molar-refractivity contribution in [3.8, 4) is 0 Å². The van der Waals surface area contributed by atoms with Crippen molar-refractivity contribution in [3.63, 3.8) is 0 Å². The Morgan fingerprint density at radius 1 is 0.960 bits per heavy atom. The monoisotopic (exact) mass is 368 g/mol. The van der Waals surface area contributed by atoms with E-state index in [4.69, 9.17) is 0 Å². The van der Waals surface area contributed by atoms with Crippen LogP contribution in [0.5, 0.6) is 0 Å². The second-order valence-corrected chi connectivity index (χ2v) is 7.54. The summed E-state index contributed by atoms with van der Waals surface area (Å²) in [5.41, 5.74) is 1.26. The number of nitrogens with one attached hydrogen (secondary N) is 1. The Morgan fingerprint density at radius 3 is 1.92 bits per heavy atom. The number of halogens is 2. The van der Waals surface area contributed by atoms with Crippen molar-refractivity contribution >= 4 is 15.9 Å². The molecule has 1 amide bonds. The van der Waals surface area contributed by atoms with Crippen LogP contribution in [0.25, 0.3) is 0 Å². The van der Waals surface area contributed by atoms with Crippen LogP contribution in [-0.4, -0.2) is 31.4 Å². The molecular formula is C17H18F2N2O3S. The molecule has 0 heterocycles. The molecule has 0 fully saturated rings. The minimum Gasteiger partial charge on any atom is -0.351 e. The average molecular weight is 368 g/mol. The van der Waals surface area contributed by atoms with E-state index in [0.717, 1.165) is 10.6 Å². The van der Waals surface area contributed by atoms with E-state index >= 15 is 0 Å². The molecule has 0 atom stereocenters. The van der Waals surface area contributed by atoms with Gasteiger partial charge in [0.25, 0.3) is 0 Å². The zero-order valence-corrected chi connectivity index (χ0v) is 14.4. The quantitative estimate of drug-likeness (QED) is 0.813. The van der Waals surface area contributed by atoms with E-state index in [1.807, 2.05) is 0 Å². The van der Waals surface area contributed by atoms with E-state index in [9.17, 15) is 22.0 Å². The lowest BCUT2D eigenvalue weighted by atomic mass is 10.2. The van der Waals surface area contributed by atoms with Crippen LogP contribution in [0, 0.1) is 11.6 Å². The normalized spacial score (nSPS) is 11.5. The number of benzene rings is 2. The molecule has 0 spiro atoms. The molecule has 0 aliphatic heterocycles. The fourth-order valence-electron chi connectivity index (χ4n) is 2.10. The molecule has 0 aliphatic rings. The zero-order chi connectivity index (χ0) is 18.4. The molecule has 0 bridgehead atoms. The number of carbonyl (C=O) groups is 1. The third-order valence-corrected chi connectivity index (χ3v) is 4.66. The summed E-state index contributed by atoms with van der Waals surface area (Å²) in [6.07, 6.45) is 1.00. The lowest BCUT2D eigenvalue weighted by Gasteiger charge is -2.19. The molecule has 0 saturated heterocycles. The van der Waals surface area contributed by atoms with Crippen molar-refractivity contribution in [2.24, 2.45) is 0 Å². The van der Waals surface area contributed by atoms with Gasteiger partial charge >= 0.3 is 0 Å². The molecule has 0 aromatic heterocycles. The maximum Gasteiger partial charge on any atom is 0.235 e. The first kappa shape index (κ1) is 19.0. The van der Waals surface area contributed by atoms with Gasteiger partial charge in [0, 0.05) is 13.1 Å². The minimum atomic E-state index is -3.63. The van der Waals surface area contributed by atoms with Gasteiger partial charge in [0.15, 0.2) is 0 Å². The number of rotatable bonds is 7. The van der Waals surface area contributed by atoms with Crippen LogP contribution in [0.4, 0.5) is 8.78 Å². The first-order valence-electron chi connectivity index (χ1n) is 7.45. The van der Waals surface area contributed by atoms with E-state index in [2.05, 4.69) is 5.32 Å². The van der Waals surface area contributed by atoms with Crippen LogP contribution >= 0.6 is 0 Å². The molecule has 0 aliphatic carbocycles. The Morgan fingerprint density at radius 2 is 1.44 bits per heavy atom. The van der Waals surface area contributed by atoms with Gasteiger partial charge in [-0.1, -0.05) is 24.3 Å². The van der Waals surface area contributed by atoms with Gasteiger partial charge in [0.1, 0.15) is 11.6 Å². The number of carbonyl (C=O) groups excluding carboxylic acids is 1. The van der Waals surface area contributed by atoms with E-state index in [0.29, 0.717) is 11.1 Å². The van der Waals surface area contributed by atoms with Gasteiger partial charge in [-0.05, 0) is 35.4 Å². The fraction of sp³-hybridized carbons (Fsp3) is 0.235. The molecule has 134 valence electrons. The molecule has 25 heavy (non-hydrogen) atoms. The summed E-state index contributed by atoms with van der Waals surface area (Å²) in [7, 11) is -3.63. The first-order valence-corrected chi connectivity index (χ1v) is 9.29. The molecule has 1 N–H and O–H groups in total. The summed E-state index contributed by atoms with van der Waals surface area (Å²) in [6.45, 7) is -0.242. The SMILES string of the molecule is CS(=O)(=O)N(CC(=O)NCc1ccc(F)cc1)Cc1ccc(F)cc1. The van der Waals surface area contributed by atoms with Crippen molar-refractivity contribution in [2.45, 2.75) is 13.1 Å². The van der Waals surface area contributed by atoms with Crippen LogP contribution in [0.3, 0.4) is 0 Å². The van der Waals surface area contributed by atoms with Crippen molar-refractivity contribution in [3.05, 3.63) is 71.3 Å². The number of hydrogen-bond donors (Lipinski definition) is 1. The number of sulfonamides is 1. The second kappa shape index (κ2) is 8.17. The molecule has 0 radical (unpaired) electrons. The van der Waals surface area contributed by atoms with Crippen molar-refractivity contribution in [1.29, 1.82) is 0 Å². The van der Waals surface area contributed by atoms with Gasteiger partial charge in [-0.15, -0.1) is 0 Å². The molecule has 2 aromatic carbocycles. The van der Waals surface area contributed by atoms with E-state index in [1.54, 1.807) is 0 Å². The van der Waals surface area contributed by atoms with Crippen LogP contribution in [0.15, 0.2) is 48.5 Å². The third kappa shape index (κ3) is 6.24. The first-order chi connectivity index (χ1) is 11.7. The maximum atomic E-state index is 12.9. The van der Waals surface area contributed by atoms with Gasteiger partial charge < -0.3 is 5.32 Å². The molecule has 8 heteroatoms. The highest BCUT2D eigenvalue weighted by atomic mass is 32.2. The van der Waals surface area contributed by atoms with Crippen LogP contribution in [-0.2, 0) is 27.9 Å². The summed E-state index contributed by atoms with van der Waals surface area (Å²) in [5, 5.41) is 2.59. The van der Waals surface area contributed by atoms with Crippen LogP contribution in [0.2, 0.25) is 0 Å². The Hall–Kier alpha value is -2.32. The minimum absolute atomic E-state index is 0.0386. The van der Waals surface area contributed by atoms with Crippen molar-refractivity contribution in [1.82, 2.24) is 9.62 Å². The number of nitrogens with zero attached hydrogens (tertiary/aromatic N) is 1. The lowest BCUT2D eigenvalue weighted by Crippen LogP contribution is -2.39. The number of hydrogen-bond acceptors (Lipinski definition) is 3. The summed E-state index contributed by atoms with van der Waals surface area (Å²) in [5.74, 6) is -1.29. The summed E-state index contributed by atoms with van der Waals surface area (Å²) in [6, 6.07) is 11.0. The Balaban J connectivity index is 1.97. The highest BCUT2D eigenvalue weighted by molar-refractivity contribution is 7.88. The van der Waals surface area contributed by atoms with Gasteiger partial charge in [-0.3, -0.25) is 4.79 Å². The highest BCUT2D eigenvalue weighted by Gasteiger charge is 2.20. The molecular weight excluding hydrogens is 350 g/mol. The van der Waals surface area contributed by atoms with Gasteiger partial charge in [0.05, 0.1) is 12.8 Å². The smallest absolute Gasteiger partial charge is 0.235 e.